The van der Waals surface area contributed by atoms with Gasteiger partial charge in [-0.2, -0.15) is 4.31 Å². The number of halogens is 3. The summed E-state index contributed by atoms with van der Waals surface area (Å²) >= 11 is 6.22. The third kappa shape index (κ3) is 5.10. The van der Waals surface area contributed by atoms with Crippen molar-refractivity contribution in [2.45, 2.75) is 26.1 Å². The molecule has 10 heteroatoms. The molecule has 0 radical (unpaired) electrons. The molecule has 4 rings (SSSR count). The lowest BCUT2D eigenvalue weighted by Gasteiger charge is -2.28. The maximum absolute atomic E-state index is 13.8. The second-order valence-electron chi connectivity index (χ2n) is 7.85. The smallest absolute Gasteiger partial charge is 0.273 e. The summed E-state index contributed by atoms with van der Waals surface area (Å²) in [6.07, 6.45) is 3.28. The quantitative estimate of drug-likeness (QED) is 0.523. The highest BCUT2D eigenvalue weighted by Gasteiger charge is 2.24. The molecule has 6 nitrogen and oxygen atoms in total. The van der Waals surface area contributed by atoms with E-state index in [2.05, 4.69) is 0 Å². The lowest BCUT2D eigenvalue weighted by molar-refractivity contribution is 0.298. The molecule has 0 amide bonds. The molecule has 0 bridgehead atoms. The van der Waals surface area contributed by atoms with Crippen LogP contribution < -0.4 is 10.3 Å². The van der Waals surface area contributed by atoms with Crippen molar-refractivity contribution in [1.82, 2.24) is 8.87 Å². The first-order valence-electron chi connectivity index (χ1n) is 10.1. The van der Waals surface area contributed by atoms with Crippen LogP contribution in [0.15, 0.2) is 53.5 Å². The van der Waals surface area contributed by atoms with Crippen LogP contribution in [0.2, 0.25) is 5.02 Å². The molecule has 0 spiro atoms. The van der Waals surface area contributed by atoms with Gasteiger partial charge in [-0.1, -0.05) is 29.8 Å². The number of sulfonamides is 1. The molecule has 2 aromatic carbocycles. The molecular weight excluding hydrogens is 474 g/mol. The molecule has 174 valence electrons. The summed E-state index contributed by atoms with van der Waals surface area (Å²) in [6.45, 7) is 0.724. The van der Waals surface area contributed by atoms with Crippen molar-refractivity contribution in [2.24, 2.45) is 0 Å². The summed E-state index contributed by atoms with van der Waals surface area (Å²) in [6, 6.07) is 10.3. The van der Waals surface area contributed by atoms with Gasteiger partial charge >= 0.3 is 0 Å². The molecule has 1 aliphatic heterocycles. The predicted octanol–water partition coefficient (Wildman–Crippen LogP) is 3.72. The van der Waals surface area contributed by atoms with Crippen molar-refractivity contribution in [3.05, 3.63) is 97.9 Å². The zero-order valence-corrected chi connectivity index (χ0v) is 19.3. The van der Waals surface area contributed by atoms with E-state index in [9.17, 15) is 22.0 Å². The first-order chi connectivity index (χ1) is 15.6. The molecule has 33 heavy (non-hydrogen) atoms. The Morgan fingerprint density at radius 2 is 1.91 bits per heavy atom. The molecule has 0 N–H and O–H groups in total. The maximum Gasteiger partial charge on any atom is 0.273 e. The summed E-state index contributed by atoms with van der Waals surface area (Å²) in [7, 11) is -3.28. The zero-order chi connectivity index (χ0) is 23.8. The minimum atomic E-state index is -3.28. The van der Waals surface area contributed by atoms with E-state index in [0.29, 0.717) is 19.5 Å². The Balaban J connectivity index is 1.53. The molecule has 0 atom stereocenters. The Bertz CT molecular complexity index is 1380. The molecule has 0 fully saturated rings. The molecule has 0 unspecified atom stereocenters. The van der Waals surface area contributed by atoms with Crippen molar-refractivity contribution in [3.63, 3.8) is 0 Å². The number of rotatable bonds is 6. The normalized spacial score (nSPS) is 14.2. The van der Waals surface area contributed by atoms with Gasteiger partial charge in [-0.15, -0.1) is 0 Å². The van der Waals surface area contributed by atoms with E-state index in [0.717, 1.165) is 28.8 Å². The van der Waals surface area contributed by atoms with Crippen molar-refractivity contribution in [3.8, 4) is 5.75 Å². The Hall–Kier alpha value is -2.75. The molecule has 3 aromatic rings. The molecule has 2 heterocycles. The second kappa shape index (κ2) is 9.24. The Morgan fingerprint density at radius 3 is 2.64 bits per heavy atom. The molecule has 0 aliphatic carbocycles. The maximum atomic E-state index is 13.8. The van der Waals surface area contributed by atoms with Crippen LogP contribution in [0.5, 0.6) is 5.75 Å². The Labute approximate surface area is 195 Å². The predicted molar refractivity (Wildman–Crippen MR) is 121 cm³/mol. The minimum Gasteiger partial charge on any atom is -0.487 e. The van der Waals surface area contributed by atoms with Crippen molar-refractivity contribution >= 4 is 21.6 Å². The SMILES string of the molecule is CS(=O)(=O)N1CCc2c(cccc2Cn2ccc(OCc3ccc(F)cc3F)c(Cl)c2=O)C1. The summed E-state index contributed by atoms with van der Waals surface area (Å²) in [5.74, 6) is -1.34. The number of hydrogen-bond acceptors (Lipinski definition) is 4. The second-order valence-corrected chi connectivity index (χ2v) is 10.2. The van der Waals surface area contributed by atoms with Gasteiger partial charge in [0.2, 0.25) is 10.0 Å². The van der Waals surface area contributed by atoms with E-state index in [1.165, 1.54) is 33.5 Å². The van der Waals surface area contributed by atoms with Gasteiger partial charge in [0.1, 0.15) is 29.0 Å². The van der Waals surface area contributed by atoms with Gasteiger partial charge < -0.3 is 9.30 Å². The fourth-order valence-corrected chi connectivity index (χ4v) is 4.86. The summed E-state index contributed by atoms with van der Waals surface area (Å²) in [4.78, 5) is 12.8. The molecular formula is C23H21ClF2N2O4S. The largest absolute Gasteiger partial charge is 0.487 e. The lowest BCUT2D eigenvalue weighted by Crippen LogP contribution is -2.35. The number of ether oxygens (including phenoxy) is 1. The van der Waals surface area contributed by atoms with Crippen LogP contribution in [0.25, 0.3) is 0 Å². The number of fused-ring (bicyclic) bond motifs is 1. The fraction of sp³-hybridized carbons (Fsp3) is 0.261. The van der Waals surface area contributed by atoms with E-state index < -0.39 is 27.2 Å². The number of hydrogen-bond donors (Lipinski definition) is 0. The van der Waals surface area contributed by atoms with E-state index in [1.54, 1.807) is 0 Å². The van der Waals surface area contributed by atoms with Crippen molar-refractivity contribution in [1.29, 1.82) is 0 Å². The van der Waals surface area contributed by atoms with Crippen molar-refractivity contribution < 1.29 is 21.9 Å². The average Bonchev–Trinajstić information content (AvgIpc) is 2.76. The van der Waals surface area contributed by atoms with Gasteiger partial charge in [-0.25, -0.2) is 17.2 Å². The fourth-order valence-electron chi connectivity index (χ4n) is 3.84. The van der Waals surface area contributed by atoms with E-state index in [1.807, 2.05) is 18.2 Å². The summed E-state index contributed by atoms with van der Waals surface area (Å²) < 4.78 is 59.0. The zero-order valence-electron chi connectivity index (χ0n) is 17.7. The van der Waals surface area contributed by atoms with E-state index in [-0.39, 0.29) is 29.5 Å². The lowest BCUT2D eigenvalue weighted by atomic mass is 9.95. The van der Waals surface area contributed by atoms with Crippen LogP contribution in [0.3, 0.4) is 0 Å². The first-order valence-corrected chi connectivity index (χ1v) is 12.4. The third-order valence-electron chi connectivity index (χ3n) is 5.61. The topological polar surface area (TPSA) is 68.6 Å². The highest BCUT2D eigenvalue weighted by Crippen LogP contribution is 2.26. The van der Waals surface area contributed by atoms with Gasteiger partial charge in [-0.3, -0.25) is 4.79 Å². The summed E-state index contributed by atoms with van der Waals surface area (Å²) in [5, 5.41) is -0.145. The number of pyridine rings is 1. The molecule has 0 saturated carbocycles. The van der Waals surface area contributed by atoms with Crippen LogP contribution in [-0.4, -0.2) is 30.1 Å². The number of benzene rings is 2. The van der Waals surface area contributed by atoms with Crippen LogP contribution in [0, 0.1) is 11.6 Å². The van der Waals surface area contributed by atoms with E-state index >= 15 is 0 Å². The van der Waals surface area contributed by atoms with Crippen molar-refractivity contribution in [2.75, 3.05) is 12.8 Å². The van der Waals surface area contributed by atoms with Crippen LogP contribution in [0.4, 0.5) is 8.78 Å². The average molecular weight is 495 g/mol. The van der Waals surface area contributed by atoms with Gasteiger partial charge in [0.05, 0.1) is 12.8 Å². The first kappa shape index (κ1) is 23.4. The third-order valence-corrected chi connectivity index (χ3v) is 7.20. The highest BCUT2D eigenvalue weighted by atomic mass is 35.5. The van der Waals surface area contributed by atoms with Crippen LogP contribution >= 0.6 is 11.6 Å². The highest BCUT2D eigenvalue weighted by molar-refractivity contribution is 7.88. The number of nitrogens with zero attached hydrogens (tertiary/aromatic N) is 2. The molecule has 1 aromatic heterocycles. The molecule has 0 saturated heterocycles. The molecule has 1 aliphatic rings. The van der Waals surface area contributed by atoms with Gasteiger partial charge in [0, 0.05) is 30.9 Å². The Morgan fingerprint density at radius 1 is 1.12 bits per heavy atom. The standard InChI is InChI=1S/C23H21ClF2N2O4S/c1-33(30,31)28-10-7-19-15(3-2-4-16(19)13-28)12-27-9-8-21(22(24)23(27)29)32-14-17-5-6-18(25)11-20(17)26/h2-6,8-9,11H,7,10,12-14H2,1H3. The Kier molecular flexibility index (Phi) is 6.56. The van der Waals surface area contributed by atoms with Gasteiger partial charge in [0.15, 0.2) is 0 Å². The number of aromatic nitrogens is 1. The minimum absolute atomic E-state index is 0.0977. The summed E-state index contributed by atoms with van der Waals surface area (Å²) in [5.41, 5.74) is 2.49. The monoisotopic (exact) mass is 494 g/mol. The van der Waals surface area contributed by atoms with Gasteiger partial charge in [0.25, 0.3) is 5.56 Å². The van der Waals surface area contributed by atoms with E-state index in [4.69, 9.17) is 16.3 Å². The van der Waals surface area contributed by atoms with Gasteiger partial charge in [-0.05, 0) is 41.3 Å². The van der Waals surface area contributed by atoms with Crippen LogP contribution in [-0.2, 0) is 36.1 Å². The van der Waals surface area contributed by atoms with Crippen LogP contribution in [0.1, 0.15) is 22.3 Å².